The molecule has 0 amide bonds. The fraction of sp³-hybridized carbons (Fsp3) is 0.286. The summed E-state index contributed by atoms with van der Waals surface area (Å²) in [5.41, 5.74) is 0. The van der Waals surface area contributed by atoms with Crippen LogP contribution in [-0.2, 0) is 4.79 Å². The van der Waals surface area contributed by atoms with Gasteiger partial charge in [-0.2, -0.15) is 0 Å². The van der Waals surface area contributed by atoms with Crippen LogP contribution in [-0.4, -0.2) is 16.0 Å². The molecule has 0 saturated heterocycles. The first-order chi connectivity index (χ1) is 4.61. The molecule has 0 heterocycles. The van der Waals surface area contributed by atoms with Gasteiger partial charge in [-0.15, -0.1) is 0 Å². The van der Waals surface area contributed by atoms with Gasteiger partial charge >= 0.3 is 0 Å². The molecule has 1 aliphatic carbocycles. The third kappa shape index (κ3) is 1.03. The van der Waals surface area contributed by atoms with Gasteiger partial charge in [0.25, 0.3) is 5.78 Å². The Hall–Kier alpha value is -1.25. The number of carbonyl (C=O) groups is 1. The standard InChI is InChI=1S/C7H8O3/c1-4-2-5(8)7(10)6(9)3-4/h2-4,8-9H,1H3. The molecule has 0 fully saturated rings. The largest absolute Gasteiger partial charge is 0.504 e. The molecule has 3 heteroatoms. The minimum absolute atomic E-state index is 0.0716. The van der Waals surface area contributed by atoms with E-state index in [9.17, 15) is 4.79 Å². The van der Waals surface area contributed by atoms with Crippen LogP contribution >= 0.6 is 0 Å². The SMILES string of the molecule is CC1C=C(O)C(=O)C(O)=C1. The molecular formula is C7H8O3. The van der Waals surface area contributed by atoms with E-state index in [1.165, 1.54) is 12.2 Å². The summed E-state index contributed by atoms with van der Waals surface area (Å²) in [7, 11) is 0. The van der Waals surface area contributed by atoms with Gasteiger partial charge in [0.1, 0.15) is 0 Å². The van der Waals surface area contributed by atoms with E-state index in [0.717, 1.165) is 0 Å². The van der Waals surface area contributed by atoms with Gasteiger partial charge in [-0.1, -0.05) is 6.92 Å². The van der Waals surface area contributed by atoms with Gasteiger partial charge in [0.15, 0.2) is 11.5 Å². The molecule has 10 heavy (non-hydrogen) atoms. The Morgan fingerprint density at radius 2 is 1.70 bits per heavy atom. The Kier molecular flexibility index (Phi) is 1.49. The summed E-state index contributed by atoms with van der Waals surface area (Å²) < 4.78 is 0. The van der Waals surface area contributed by atoms with Crippen LogP contribution in [0.3, 0.4) is 0 Å². The number of aliphatic hydroxyl groups is 2. The molecule has 3 nitrogen and oxygen atoms in total. The van der Waals surface area contributed by atoms with E-state index in [4.69, 9.17) is 10.2 Å². The van der Waals surface area contributed by atoms with Crippen LogP contribution < -0.4 is 0 Å². The summed E-state index contributed by atoms with van der Waals surface area (Å²) in [5.74, 6) is -1.50. The second-order valence-electron chi connectivity index (χ2n) is 2.29. The lowest BCUT2D eigenvalue weighted by Crippen LogP contribution is -2.12. The molecule has 1 aliphatic rings. The van der Waals surface area contributed by atoms with E-state index in [0.29, 0.717) is 0 Å². The first kappa shape index (κ1) is 6.86. The highest BCUT2D eigenvalue weighted by Crippen LogP contribution is 2.14. The number of aliphatic hydroxyl groups excluding tert-OH is 2. The summed E-state index contributed by atoms with van der Waals surface area (Å²) in [5, 5.41) is 17.7. The number of carbonyl (C=O) groups excluding carboxylic acids is 1. The summed E-state index contributed by atoms with van der Waals surface area (Å²) >= 11 is 0. The number of rotatable bonds is 0. The second kappa shape index (κ2) is 2.17. The van der Waals surface area contributed by atoms with Gasteiger partial charge in [-0.25, -0.2) is 0 Å². The molecular weight excluding hydrogens is 132 g/mol. The Bertz CT molecular complexity index is 203. The Labute approximate surface area is 58.3 Å². The van der Waals surface area contributed by atoms with Crippen molar-refractivity contribution in [3.8, 4) is 0 Å². The molecule has 54 valence electrons. The van der Waals surface area contributed by atoms with E-state index < -0.39 is 5.78 Å². The molecule has 0 bridgehead atoms. The van der Waals surface area contributed by atoms with Crippen molar-refractivity contribution >= 4 is 5.78 Å². The fourth-order valence-electron chi connectivity index (χ4n) is 0.829. The predicted octanol–water partition coefficient (Wildman–Crippen LogP) is 1.09. The van der Waals surface area contributed by atoms with Crippen molar-refractivity contribution in [1.82, 2.24) is 0 Å². The van der Waals surface area contributed by atoms with Crippen molar-refractivity contribution in [2.75, 3.05) is 0 Å². The topological polar surface area (TPSA) is 57.5 Å². The summed E-state index contributed by atoms with van der Waals surface area (Å²) in [6, 6.07) is 0. The van der Waals surface area contributed by atoms with Gasteiger partial charge in [0, 0.05) is 0 Å². The lowest BCUT2D eigenvalue weighted by Gasteiger charge is -2.08. The van der Waals surface area contributed by atoms with Gasteiger partial charge in [0.2, 0.25) is 0 Å². The van der Waals surface area contributed by atoms with Crippen LogP contribution in [0, 0.1) is 5.92 Å². The zero-order valence-corrected chi connectivity index (χ0v) is 5.53. The van der Waals surface area contributed by atoms with Crippen molar-refractivity contribution in [1.29, 1.82) is 0 Å². The molecule has 0 aromatic carbocycles. The van der Waals surface area contributed by atoms with E-state index in [1.807, 2.05) is 0 Å². The molecule has 0 unspecified atom stereocenters. The Morgan fingerprint density at radius 3 is 2.10 bits per heavy atom. The molecule has 0 saturated carbocycles. The quantitative estimate of drug-likeness (QED) is 0.529. The molecule has 0 radical (unpaired) electrons. The van der Waals surface area contributed by atoms with Gasteiger partial charge in [-0.3, -0.25) is 4.79 Å². The molecule has 0 aromatic rings. The normalized spacial score (nSPS) is 20.3. The van der Waals surface area contributed by atoms with Crippen LogP contribution in [0.2, 0.25) is 0 Å². The lowest BCUT2D eigenvalue weighted by atomic mass is 10.0. The highest BCUT2D eigenvalue weighted by atomic mass is 16.3. The maximum atomic E-state index is 10.6. The molecule has 1 rings (SSSR count). The maximum absolute atomic E-state index is 10.6. The number of hydrogen-bond donors (Lipinski definition) is 2. The highest BCUT2D eigenvalue weighted by molar-refractivity contribution is 6.05. The van der Waals surface area contributed by atoms with Crippen molar-refractivity contribution < 1.29 is 15.0 Å². The van der Waals surface area contributed by atoms with Crippen molar-refractivity contribution in [3.05, 3.63) is 23.7 Å². The zero-order chi connectivity index (χ0) is 7.72. The second-order valence-corrected chi connectivity index (χ2v) is 2.29. The minimum Gasteiger partial charge on any atom is -0.504 e. The molecule has 2 N–H and O–H groups in total. The van der Waals surface area contributed by atoms with E-state index >= 15 is 0 Å². The van der Waals surface area contributed by atoms with Crippen LogP contribution in [0.4, 0.5) is 0 Å². The van der Waals surface area contributed by atoms with Gasteiger partial charge in [0.05, 0.1) is 0 Å². The van der Waals surface area contributed by atoms with Crippen LogP contribution in [0.25, 0.3) is 0 Å². The van der Waals surface area contributed by atoms with E-state index in [1.54, 1.807) is 6.92 Å². The molecule has 0 spiro atoms. The van der Waals surface area contributed by atoms with Crippen molar-refractivity contribution in [2.45, 2.75) is 6.92 Å². The monoisotopic (exact) mass is 140 g/mol. The summed E-state index contributed by atoms with van der Waals surface area (Å²) in [4.78, 5) is 10.6. The number of allylic oxidation sites excluding steroid dienone is 2. The van der Waals surface area contributed by atoms with Gasteiger partial charge < -0.3 is 10.2 Å². The Balaban J connectivity index is 2.94. The van der Waals surface area contributed by atoms with E-state index in [-0.39, 0.29) is 17.4 Å². The summed E-state index contributed by atoms with van der Waals surface area (Å²) in [6.07, 6.45) is 2.78. The number of hydrogen-bond acceptors (Lipinski definition) is 3. The highest BCUT2D eigenvalue weighted by Gasteiger charge is 2.18. The first-order valence-corrected chi connectivity index (χ1v) is 2.97. The third-order valence-corrected chi connectivity index (χ3v) is 1.31. The van der Waals surface area contributed by atoms with Crippen LogP contribution in [0.5, 0.6) is 0 Å². The smallest absolute Gasteiger partial charge is 0.260 e. The summed E-state index contributed by atoms with van der Waals surface area (Å²) in [6.45, 7) is 1.76. The molecule has 0 atom stereocenters. The predicted molar refractivity (Wildman–Crippen MR) is 35.6 cm³/mol. The lowest BCUT2D eigenvalue weighted by molar-refractivity contribution is -0.117. The molecule has 0 aliphatic heterocycles. The third-order valence-electron chi connectivity index (χ3n) is 1.31. The van der Waals surface area contributed by atoms with Crippen molar-refractivity contribution in [2.24, 2.45) is 5.92 Å². The number of ketones is 1. The first-order valence-electron chi connectivity index (χ1n) is 2.97. The minimum atomic E-state index is -0.696. The molecule has 0 aromatic heterocycles. The van der Waals surface area contributed by atoms with Crippen LogP contribution in [0.15, 0.2) is 23.7 Å². The van der Waals surface area contributed by atoms with Gasteiger partial charge in [-0.05, 0) is 18.1 Å². The zero-order valence-electron chi connectivity index (χ0n) is 5.53. The fourth-order valence-corrected chi connectivity index (χ4v) is 0.829. The average Bonchev–Trinajstić information content (AvgIpc) is 1.82. The van der Waals surface area contributed by atoms with Crippen molar-refractivity contribution in [3.63, 3.8) is 0 Å². The van der Waals surface area contributed by atoms with Crippen LogP contribution in [0.1, 0.15) is 6.92 Å². The average molecular weight is 140 g/mol. The Morgan fingerprint density at radius 1 is 1.30 bits per heavy atom. The maximum Gasteiger partial charge on any atom is 0.260 e. The van der Waals surface area contributed by atoms with E-state index in [2.05, 4.69) is 0 Å². The number of Topliss-reactive ketones (excluding diaryl/α,β-unsaturated/α-hetero) is 1.